The summed E-state index contributed by atoms with van der Waals surface area (Å²) in [5.41, 5.74) is 1.31. The van der Waals surface area contributed by atoms with Crippen molar-refractivity contribution in [1.29, 1.82) is 0 Å². The zero-order chi connectivity index (χ0) is 21.0. The maximum absolute atomic E-state index is 13.2. The summed E-state index contributed by atoms with van der Waals surface area (Å²) in [5.74, 6) is -0.388. The summed E-state index contributed by atoms with van der Waals surface area (Å²) in [6.45, 7) is 0. The Balaban J connectivity index is 1.67. The molecule has 5 nitrogen and oxygen atoms in total. The third-order valence-corrected chi connectivity index (χ3v) is 5.66. The quantitative estimate of drug-likeness (QED) is 0.415. The van der Waals surface area contributed by atoms with Gasteiger partial charge in [0.15, 0.2) is 5.11 Å². The van der Waals surface area contributed by atoms with Crippen molar-refractivity contribution in [2.24, 2.45) is 0 Å². The second-order valence-electron chi connectivity index (χ2n) is 5.88. The molecule has 3 N–H and O–H groups in total. The van der Waals surface area contributed by atoms with Gasteiger partial charge in [-0.2, -0.15) is 0 Å². The fraction of sp³-hybridized carbons (Fsp3) is 0. The van der Waals surface area contributed by atoms with Crippen molar-refractivity contribution in [1.82, 2.24) is 0 Å². The maximum Gasteiger partial charge on any atom is 0.261 e. The van der Waals surface area contributed by atoms with Gasteiger partial charge in [0.05, 0.1) is 10.6 Å². The number of nitrogens with one attached hydrogen (secondary N) is 3. The number of anilines is 3. The van der Waals surface area contributed by atoms with Crippen molar-refractivity contribution in [3.8, 4) is 0 Å². The molecule has 0 aliphatic heterocycles. The van der Waals surface area contributed by atoms with Crippen LogP contribution in [-0.2, 0) is 10.0 Å². The van der Waals surface area contributed by atoms with Gasteiger partial charge in [0.25, 0.3) is 10.0 Å². The lowest BCUT2D eigenvalue weighted by molar-refractivity contribution is 0.601. The SMILES string of the molecule is O=S(=O)(Nc1cc(Cl)cc(Cl)c1)c1ccc(NC(=S)Nc2cccc(F)c2)cc1. The molecule has 0 amide bonds. The van der Waals surface area contributed by atoms with Gasteiger partial charge in [-0.25, -0.2) is 12.8 Å². The van der Waals surface area contributed by atoms with Gasteiger partial charge in [0.1, 0.15) is 5.82 Å². The van der Waals surface area contributed by atoms with Crippen LogP contribution in [0.25, 0.3) is 0 Å². The van der Waals surface area contributed by atoms with E-state index in [2.05, 4.69) is 15.4 Å². The lowest BCUT2D eigenvalue weighted by Crippen LogP contribution is -2.19. The molecular weight excluding hydrogens is 456 g/mol. The van der Waals surface area contributed by atoms with Crippen molar-refractivity contribution in [3.63, 3.8) is 0 Å². The molecule has 29 heavy (non-hydrogen) atoms. The zero-order valence-electron chi connectivity index (χ0n) is 14.6. The first-order valence-corrected chi connectivity index (χ1v) is 10.8. The van der Waals surface area contributed by atoms with Gasteiger partial charge in [-0.15, -0.1) is 0 Å². The van der Waals surface area contributed by atoms with Crippen molar-refractivity contribution in [2.45, 2.75) is 4.90 Å². The number of benzene rings is 3. The van der Waals surface area contributed by atoms with E-state index in [4.69, 9.17) is 35.4 Å². The Hall–Kier alpha value is -2.39. The standard InChI is InChI=1S/C19H14Cl2FN3O2S2/c20-12-8-13(21)10-17(9-12)25-29(26,27)18-6-4-15(5-7-18)23-19(28)24-16-3-1-2-14(22)11-16/h1-11,25H,(H2,23,24,28). The molecule has 3 aromatic rings. The summed E-state index contributed by atoms with van der Waals surface area (Å²) in [6, 6.07) is 16.2. The summed E-state index contributed by atoms with van der Waals surface area (Å²) >= 11 is 17.0. The van der Waals surface area contributed by atoms with Crippen LogP contribution in [0.15, 0.2) is 71.6 Å². The van der Waals surface area contributed by atoms with Crippen LogP contribution < -0.4 is 15.4 Å². The summed E-state index contributed by atoms with van der Waals surface area (Å²) < 4.78 is 40.7. The van der Waals surface area contributed by atoms with E-state index >= 15 is 0 Å². The minimum Gasteiger partial charge on any atom is -0.332 e. The van der Waals surface area contributed by atoms with E-state index in [1.165, 1.54) is 42.5 Å². The number of rotatable bonds is 5. The normalized spacial score (nSPS) is 11.0. The first-order chi connectivity index (χ1) is 13.7. The average Bonchev–Trinajstić information content (AvgIpc) is 2.60. The molecule has 0 atom stereocenters. The van der Waals surface area contributed by atoms with Gasteiger partial charge < -0.3 is 10.6 Å². The van der Waals surface area contributed by atoms with Gasteiger partial charge in [0, 0.05) is 21.4 Å². The number of halogens is 3. The van der Waals surface area contributed by atoms with Crippen molar-refractivity contribution in [2.75, 3.05) is 15.4 Å². The molecule has 0 saturated heterocycles. The summed E-state index contributed by atoms with van der Waals surface area (Å²) in [5, 5.41) is 6.61. The molecule has 0 bridgehead atoms. The maximum atomic E-state index is 13.2. The molecule has 0 unspecified atom stereocenters. The van der Waals surface area contributed by atoms with E-state index in [1.54, 1.807) is 24.3 Å². The van der Waals surface area contributed by atoms with Crippen LogP contribution in [0.5, 0.6) is 0 Å². The number of hydrogen-bond acceptors (Lipinski definition) is 3. The monoisotopic (exact) mass is 469 g/mol. The smallest absolute Gasteiger partial charge is 0.261 e. The molecule has 0 aromatic heterocycles. The van der Waals surface area contributed by atoms with Gasteiger partial charge in [-0.1, -0.05) is 29.3 Å². The van der Waals surface area contributed by atoms with E-state index in [-0.39, 0.29) is 21.5 Å². The Kier molecular flexibility index (Phi) is 6.59. The van der Waals surface area contributed by atoms with Crippen LogP contribution in [0.4, 0.5) is 21.5 Å². The fourth-order valence-electron chi connectivity index (χ4n) is 2.40. The lowest BCUT2D eigenvalue weighted by Gasteiger charge is -2.12. The molecular formula is C19H14Cl2FN3O2S2. The zero-order valence-corrected chi connectivity index (χ0v) is 17.8. The van der Waals surface area contributed by atoms with Crippen molar-refractivity contribution in [3.05, 3.63) is 82.6 Å². The molecule has 150 valence electrons. The fourth-order valence-corrected chi connectivity index (χ4v) is 4.21. The Morgan fingerprint density at radius 3 is 2.07 bits per heavy atom. The third kappa shape index (κ3) is 6.04. The van der Waals surface area contributed by atoms with Crippen LogP contribution >= 0.6 is 35.4 Å². The van der Waals surface area contributed by atoms with Gasteiger partial charge >= 0.3 is 0 Å². The van der Waals surface area contributed by atoms with Crippen LogP contribution in [-0.4, -0.2) is 13.5 Å². The van der Waals surface area contributed by atoms with Crippen LogP contribution in [0.3, 0.4) is 0 Å². The molecule has 0 aliphatic carbocycles. The predicted octanol–water partition coefficient (Wildman–Crippen LogP) is 5.74. The third-order valence-electron chi connectivity index (χ3n) is 3.62. The Morgan fingerprint density at radius 2 is 1.45 bits per heavy atom. The first kappa shape index (κ1) is 21.3. The highest BCUT2D eigenvalue weighted by Gasteiger charge is 2.15. The van der Waals surface area contributed by atoms with Crippen molar-refractivity contribution >= 4 is 67.6 Å². The number of hydrogen-bond donors (Lipinski definition) is 3. The van der Waals surface area contributed by atoms with E-state index in [0.29, 0.717) is 21.4 Å². The summed E-state index contributed by atoms with van der Waals surface area (Å²) in [7, 11) is -3.83. The topological polar surface area (TPSA) is 70.2 Å². The van der Waals surface area contributed by atoms with Crippen LogP contribution in [0.1, 0.15) is 0 Å². The Morgan fingerprint density at radius 1 is 0.828 bits per heavy atom. The van der Waals surface area contributed by atoms with Crippen LogP contribution in [0, 0.1) is 5.82 Å². The molecule has 0 aliphatic rings. The first-order valence-electron chi connectivity index (χ1n) is 8.14. The highest BCUT2D eigenvalue weighted by molar-refractivity contribution is 7.92. The van der Waals surface area contributed by atoms with Gasteiger partial charge in [0.2, 0.25) is 0 Å². The van der Waals surface area contributed by atoms with Crippen LogP contribution in [0.2, 0.25) is 10.0 Å². The molecule has 10 heteroatoms. The molecule has 3 rings (SSSR count). The lowest BCUT2D eigenvalue weighted by atomic mass is 10.3. The molecule has 0 fully saturated rings. The Bertz CT molecular complexity index is 1140. The van der Waals surface area contributed by atoms with Crippen molar-refractivity contribution < 1.29 is 12.8 Å². The molecule has 0 heterocycles. The molecule has 0 saturated carbocycles. The predicted molar refractivity (Wildman–Crippen MR) is 120 cm³/mol. The highest BCUT2D eigenvalue weighted by Crippen LogP contribution is 2.25. The van der Waals surface area contributed by atoms with E-state index < -0.39 is 10.0 Å². The molecule has 0 spiro atoms. The number of thiocarbonyl (C=S) groups is 1. The second-order valence-corrected chi connectivity index (χ2v) is 8.84. The summed E-state index contributed by atoms with van der Waals surface area (Å²) in [4.78, 5) is 0.0446. The Labute approximate surface area is 182 Å². The minimum absolute atomic E-state index is 0.0446. The van der Waals surface area contributed by atoms with E-state index in [1.807, 2.05) is 0 Å². The van der Waals surface area contributed by atoms with E-state index in [0.717, 1.165) is 0 Å². The number of sulfonamides is 1. The second kappa shape index (κ2) is 8.96. The molecule has 3 aromatic carbocycles. The summed E-state index contributed by atoms with van der Waals surface area (Å²) in [6.07, 6.45) is 0. The average molecular weight is 470 g/mol. The highest BCUT2D eigenvalue weighted by atomic mass is 35.5. The van der Waals surface area contributed by atoms with Gasteiger partial charge in [-0.3, -0.25) is 4.72 Å². The van der Waals surface area contributed by atoms with E-state index in [9.17, 15) is 12.8 Å². The largest absolute Gasteiger partial charge is 0.332 e. The minimum atomic E-state index is -3.83. The van der Waals surface area contributed by atoms with Gasteiger partial charge in [-0.05, 0) is 72.9 Å². The molecule has 0 radical (unpaired) electrons.